The molecule has 2 heterocycles. The highest BCUT2D eigenvalue weighted by atomic mass is 35.5. The fourth-order valence-electron chi connectivity index (χ4n) is 2.96. The zero-order chi connectivity index (χ0) is 14.3. The minimum atomic E-state index is 0.125. The van der Waals surface area contributed by atoms with Gasteiger partial charge in [-0.2, -0.15) is 0 Å². The molecule has 0 saturated carbocycles. The molecule has 0 radical (unpaired) electrons. The third-order valence-electron chi connectivity index (χ3n) is 4.33. The van der Waals surface area contributed by atoms with Gasteiger partial charge in [0.25, 0.3) is 0 Å². The quantitative estimate of drug-likeness (QED) is 0.874. The lowest BCUT2D eigenvalue weighted by Gasteiger charge is -2.44. The zero-order valence-corrected chi connectivity index (χ0v) is 12.7. The van der Waals surface area contributed by atoms with Gasteiger partial charge in [0, 0.05) is 41.4 Å². The van der Waals surface area contributed by atoms with Crippen molar-refractivity contribution in [3.05, 3.63) is 35.5 Å². The maximum atomic E-state index is 6.23. The summed E-state index contributed by atoms with van der Waals surface area (Å²) in [5.74, 6) is 0. The largest absolute Gasteiger partial charge is 0.370 e. The van der Waals surface area contributed by atoms with Crippen molar-refractivity contribution in [2.75, 3.05) is 18.0 Å². The summed E-state index contributed by atoms with van der Waals surface area (Å²) in [6.45, 7) is 6.44. The minimum Gasteiger partial charge on any atom is -0.370 e. The van der Waals surface area contributed by atoms with E-state index < -0.39 is 0 Å². The Bertz CT molecular complexity index is 639. The second-order valence-electron chi connectivity index (χ2n) is 6.30. The van der Waals surface area contributed by atoms with E-state index in [0.717, 1.165) is 35.4 Å². The Morgan fingerprint density at radius 1 is 1.35 bits per heavy atom. The molecule has 3 rings (SSSR count). The first-order valence-electron chi connectivity index (χ1n) is 7.02. The molecule has 2 aromatic rings. The Balaban J connectivity index is 2.02. The van der Waals surface area contributed by atoms with E-state index in [9.17, 15) is 0 Å². The monoisotopic (exact) mass is 289 g/mol. The van der Waals surface area contributed by atoms with Crippen molar-refractivity contribution >= 4 is 28.2 Å². The van der Waals surface area contributed by atoms with Gasteiger partial charge in [-0.15, -0.1) is 0 Å². The third kappa shape index (κ3) is 2.36. The summed E-state index contributed by atoms with van der Waals surface area (Å²) in [6, 6.07) is 8.25. The van der Waals surface area contributed by atoms with Gasteiger partial charge in [0.1, 0.15) is 0 Å². The van der Waals surface area contributed by atoms with Gasteiger partial charge in [-0.05, 0) is 36.1 Å². The summed E-state index contributed by atoms with van der Waals surface area (Å²) in [7, 11) is 0. The topological polar surface area (TPSA) is 42.2 Å². The molecule has 1 saturated heterocycles. The molecular formula is C16H20ClN3. The van der Waals surface area contributed by atoms with Crippen molar-refractivity contribution in [2.24, 2.45) is 11.1 Å². The number of halogens is 1. The van der Waals surface area contributed by atoms with Gasteiger partial charge in [-0.1, -0.05) is 25.4 Å². The van der Waals surface area contributed by atoms with Crippen LogP contribution < -0.4 is 10.6 Å². The highest BCUT2D eigenvalue weighted by Crippen LogP contribution is 2.34. The highest BCUT2D eigenvalue weighted by molar-refractivity contribution is 6.31. The van der Waals surface area contributed by atoms with Gasteiger partial charge < -0.3 is 10.6 Å². The van der Waals surface area contributed by atoms with Gasteiger partial charge in [0.2, 0.25) is 0 Å². The Hall–Kier alpha value is -1.32. The van der Waals surface area contributed by atoms with Gasteiger partial charge in [-0.3, -0.25) is 4.98 Å². The molecule has 2 N–H and O–H groups in total. The number of hydrogen-bond donors (Lipinski definition) is 1. The zero-order valence-electron chi connectivity index (χ0n) is 11.9. The van der Waals surface area contributed by atoms with Crippen molar-refractivity contribution in [3.8, 4) is 0 Å². The maximum absolute atomic E-state index is 6.23. The Morgan fingerprint density at radius 2 is 2.15 bits per heavy atom. The van der Waals surface area contributed by atoms with E-state index in [4.69, 9.17) is 17.3 Å². The fourth-order valence-corrected chi connectivity index (χ4v) is 3.13. The van der Waals surface area contributed by atoms with Crippen LogP contribution in [-0.2, 0) is 0 Å². The first kappa shape index (κ1) is 13.7. The van der Waals surface area contributed by atoms with Crippen LogP contribution in [0.15, 0.2) is 30.5 Å². The summed E-state index contributed by atoms with van der Waals surface area (Å²) in [6.07, 6.45) is 2.87. The Morgan fingerprint density at radius 3 is 2.90 bits per heavy atom. The molecule has 1 aromatic carbocycles. The molecule has 3 nitrogen and oxygen atoms in total. The van der Waals surface area contributed by atoms with E-state index in [0.29, 0.717) is 0 Å². The molecule has 0 bridgehead atoms. The molecule has 1 atom stereocenters. The van der Waals surface area contributed by atoms with E-state index in [1.807, 2.05) is 18.3 Å². The average Bonchev–Trinajstić information content (AvgIpc) is 2.41. The van der Waals surface area contributed by atoms with Crippen LogP contribution in [0.4, 0.5) is 5.69 Å². The molecule has 1 fully saturated rings. The predicted molar refractivity (Wildman–Crippen MR) is 85.3 cm³/mol. The minimum absolute atomic E-state index is 0.125. The van der Waals surface area contributed by atoms with Crippen LogP contribution in [0.25, 0.3) is 10.9 Å². The van der Waals surface area contributed by atoms with Crippen molar-refractivity contribution in [1.29, 1.82) is 0 Å². The number of benzene rings is 1. The van der Waals surface area contributed by atoms with E-state index in [1.54, 1.807) is 0 Å². The van der Waals surface area contributed by atoms with Crippen molar-refractivity contribution in [1.82, 2.24) is 4.98 Å². The molecule has 1 aromatic heterocycles. The molecule has 0 aliphatic carbocycles. The smallest absolute Gasteiger partial charge is 0.0737 e. The summed E-state index contributed by atoms with van der Waals surface area (Å²) < 4.78 is 0. The molecular weight excluding hydrogens is 270 g/mol. The number of aromatic nitrogens is 1. The molecule has 1 aliphatic rings. The number of nitrogens with two attached hydrogens (primary N) is 1. The molecule has 4 heteroatoms. The number of pyridine rings is 1. The SMILES string of the molecule is CC1(C)CN(c2ccnc3cc(Cl)ccc23)CCC1N. The van der Waals surface area contributed by atoms with E-state index in [2.05, 4.69) is 35.9 Å². The van der Waals surface area contributed by atoms with Crippen LogP contribution in [0.1, 0.15) is 20.3 Å². The Labute approximate surface area is 124 Å². The number of piperidine rings is 1. The van der Waals surface area contributed by atoms with Crippen LogP contribution in [0.2, 0.25) is 5.02 Å². The van der Waals surface area contributed by atoms with Crippen LogP contribution in [-0.4, -0.2) is 24.1 Å². The summed E-state index contributed by atoms with van der Waals surface area (Å²) in [5, 5.41) is 1.88. The molecule has 1 unspecified atom stereocenters. The molecule has 1 aliphatic heterocycles. The van der Waals surface area contributed by atoms with Crippen molar-refractivity contribution < 1.29 is 0 Å². The number of fused-ring (bicyclic) bond motifs is 1. The van der Waals surface area contributed by atoms with Crippen LogP contribution in [0.3, 0.4) is 0 Å². The first-order chi connectivity index (χ1) is 9.47. The number of anilines is 1. The van der Waals surface area contributed by atoms with Gasteiger partial charge >= 0.3 is 0 Å². The van der Waals surface area contributed by atoms with E-state index in [-0.39, 0.29) is 11.5 Å². The lowest BCUT2D eigenvalue weighted by atomic mass is 9.79. The Kier molecular flexibility index (Phi) is 3.35. The highest BCUT2D eigenvalue weighted by Gasteiger charge is 2.33. The van der Waals surface area contributed by atoms with Crippen molar-refractivity contribution in [3.63, 3.8) is 0 Å². The number of nitrogens with zero attached hydrogens (tertiary/aromatic N) is 2. The van der Waals surface area contributed by atoms with Gasteiger partial charge in [0.15, 0.2) is 0 Å². The lowest BCUT2D eigenvalue weighted by Crippen LogP contribution is -2.52. The average molecular weight is 290 g/mol. The van der Waals surface area contributed by atoms with Gasteiger partial charge in [0.05, 0.1) is 5.52 Å². The lowest BCUT2D eigenvalue weighted by molar-refractivity contribution is 0.245. The molecule has 20 heavy (non-hydrogen) atoms. The summed E-state index contributed by atoms with van der Waals surface area (Å²) in [4.78, 5) is 6.83. The van der Waals surface area contributed by atoms with Crippen LogP contribution in [0, 0.1) is 5.41 Å². The third-order valence-corrected chi connectivity index (χ3v) is 4.57. The molecule has 0 amide bonds. The second-order valence-corrected chi connectivity index (χ2v) is 6.73. The molecule has 0 spiro atoms. The molecule has 106 valence electrons. The van der Waals surface area contributed by atoms with Crippen LogP contribution in [0.5, 0.6) is 0 Å². The fraction of sp³-hybridized carbons (Fsp3) is 0.438. The van der Waals surface area contributed by atoms with E-state index in [1.165, 1.54) is 5.69 Å². The summed E-state index contributed by atoms with van der Waals surface area (Å²) >= 11 is 6.05. The maximum Gasteiger partial charge on any atom is 0.0737 e. The van der Waals surface area contributed by atoms with E-state index >= 15 is 0 Å². The second kappa shape index (κ2) is 4.90. The predicted octanol–water partition coefficient (Wildman–Crippen LogP) is 3.45. The first-order valence-corrected chi connectivity index (χ1v) is 7.40. The number of hydrogen-bond acceptors (Lipinski definition) is 3. The summed E-state index contributed by atoms with van der Waals surface area (Å²) in [5.41, 5.74) is 8.53. The van der Waals surface area contributed by atoms with Gasteiger partial charge in [-0.25, -0.2) is 0 Å². The van der Waals surface area contributed by atoms with Crippen LogP contribution >= 0.6 is 11.6 Å². The normalized spacial score (nSPS) is 22.2. The number of rotatable bonds is 1. The van der Waals surface area contributed by atoms with Crippen molar-refractivity contribution in [2.45, 2.75) is 26.3 Å². The standard InChI is InChI=1S/C16H20ClN3/c1-16(2)10-20(8-6-15(16)18)14-5-7-19-13-9-11(17)3-4-12(13)14/h3-5,7,9,15H,6,8,10,18H2,1-2H3.